The summed E-state index contributed by atoms with van der Waals surface area (Å²) in [5.74, 6) is 0. The second kappa shape index (κ2) is 7.67. The molecule has 0 amide bonds. The van der Waals surface area contributed by atoms with Crippen LogP contribution in [0.25, 0.3) is 0 Å². The van der Waals surface area contributed by atoms with Gasteiger partial charge in [-0.1, -0.05) is 0 Å². The van der Waals surface area contributed by atoms with E-state index in [9.17, 15) is 0 Å². The molecular formula is C6H14CrO6. The van der Waals surface area contributed by atoms with Crippen LogP contribution in [0.1, 0.15) is 0 Å². The molecule has 7 heteroatoms. The average molecular weight is 234 g/mol. The van der Waals surface area contributed by atoms with Gasteiger partial charge in [-0.05, 0) is 0 Å². The maximum atomic E-state index is 8.96. The molecule has 80 valence electrons. The summed E-state index contributed by atoms with van der Waals surface area (Å²) in [5.41, 5.74) is 0. The number of hydrogen-bond donors (Lipinski definition) is 6. The fourth-order valence-electron chi connectivity index (χ4n) is 0.671. The largest absolute Gasteiger partial charge is 0.394 e. The van der Waals surface area contributed by atoms with E-state index < -0.39 is 37.6 Å². The van der Waals surface area contributed by atoms with Crippen LogP contribution < -0.4 is 0 Å². The van der Waals surface area contributed by atoms with Crippen molar-refractivity contribution >= 4 is 0 Å². The van der Waals surface area contributed by atoms with Crippen LogP contribution >= 0.6 is 0 Å². The summed E-state index contributed by atoms with van der Waals surface area (Å²) in [6.45, 7) is -1.45. The molecule has 0 unspecified atom stereocenters. The molecule has 0 aromatic carbocycles. The maximum absolute atomic E-state index is 8.96. The topological polar surface area (TPSA) is 121 Å². The van der Waals surface area contributed by atoms with Gasteiger partial charge in [-0.25, -0.2) is 0 Å². The Hall–Kier alpha value is 0.292. The molecule has 13 heavy (non-hydrogen) atoms. The molecule has 0 saturated heterocycles. The first-order valence-electron chi connectivity index (χ1n) is 3.48. The summed E-state index contributed by atoms with van der Waals surface area (Å²) >= 11 is 0. The minimum atomic E-state index is -1.67. The van der Waals surface area contributed by atoms with Gasteiger partial charge in [-0.3, -0.25) is 0 Å². The number of hydrogen-bond acceptors (Lipinski definition) is 6. The van der Waals surface area contributed by atoms with Gasteiger partial charge in [0.2, 0.25) is 0 Å². The second-order valence-corrected chi connectivity index (χ2v) is 2.48. The molecule has 0 spiro atoms. The van der Waals surface area contributed by atoms with E-state index >= 15 is 0 Å². The Balaban J connectivity index is 0. The molecule has 0 heterocycles. The van der Waals surface area contributed by atoms with E-state index in [0.29, 0.717) is 0 Å². The molecule has 0 aliphatic heterocycles. The molecule has 0 bridgehead atoms. The van der Waals surface area contributed by atoms with Crippen molar-refractivity contribution in [3.05, 3.63) is 0 Å². The summed E-state index contributed by atoms with van der Waals surface area (Å²) < 4.78 is 0. The minimum absolute atomic E-state index is 0. The molecular weight excluding hydrogens is 220 g/mol. The van der Waals surface area contributed by atoms with E-state index in [1.165, 1.54) is 0 Å². The first kappa shape index (κ1) is 15.8. The Morgan fingerprint density at radius 2 is 0.923 bits per heavy atom. The van der Waals surface area contributed by atoms with Crippen molar-refractivity contribution in [1.82, 2.24) is 0 Å². The number of rotatable bonds is 5. The van der Waals surface area contributed by atoms with Crippen LogP contribution in [0, 0.1) is 0 Å². The third kappa shape index (κ3) is 4.91. The Labute approximate surface area is 86.2 Å². The first-order chi connectivity index (χ1) is 5.54. The van der Waals surface area contributed by atoms with E-state index in [4.69, 9.17) is 30.6 Å². The van der Waals surface area contributed by atoms with E-state index in [2.05, 4.69) is 0 Å². The third-order valence-corrected chi connectivity index (χ3v) is 1.51. The average Bonchev–Trinajstić information content (AvgIpc) is 2.12. The zero-order chi connectivity index (χ0) is 9.72. The molecule has 0 aliphatic rings. The number of aliphatic hydroxyl groups excluding tert-OH is 6. The standard InChI is InChI=1S/C6H14O6.Cr/c7-1-3(9)5(11)6(12)4(10)2-8;/h3-12H,1-2H2;/t3-,4-,5-,6-;/m1./s1. The van der Waals surface area contributed by atoms with Gasteiger partial charge in [0.15, 0.2) is 0 Å². The van der Waals surface area contributed by atoms with E-state index in [1.807, 2.05) is 0 Å². The zero-order valence-electron chi connectivity index (χ0n) is 6.82. The van der Waals surface area contributed by atoms with Crippen LogP contribution in [0.4, 0.5) is 0 Å². The van der Waals surface area contributed by atoms with E-state index in [0.717, 1.165) is 0 Å². The first-order valence-corrected chi connectivity index (χ1v) is 3.48. The smallest absolute Gasteiger partial charge is 0.111 e. The Morgan fingerprint density at radius 3 is 1.08 bits per heavy atom. The Bertz CT molecular complexity index is 110. The molecule has 0 aromatic heterocycles. The van der Waals surface area contributed by atoms with Crippen molar-refractivity contribution in [1.29, 1.82) is 0 Å². The van der Waals surface area contributed by atoms with Gasteiger partial charge in [0, 0.05) is 17.4 Å². The molecule has 0 fully saturated rings. The van der Waals surface area contributed by atoms with Gasteiger partial charge >= 0.3 is 0 Å². The molecule has 0 rings (SSSR count). The minimum Gasteiger partial charge on any atom is -0.394 e. The van der Waals surface area contributed by atoms with Gasteiger partial charge in [0.25, 0.3) is 0 Å². The van der Waals surface area contributed by atoms with Crippen molar-refractivity contribution in [2.24, 2.45) is 0 Å². The summed E-state index contributed by atoms with van der Waals surface area (Å²) in [4.78, 5) is 0. The normalized spacial score (nSPS) is 19.8. The number of aliphatic hydroxyl groups is 6. The van der Waals surface area contributed by atoms with E-state index in [-0.39, 0.29) is 17.4 Å². The molecule has 0 aliphatic carbocycles. The fraction of sp³-hybridized carbons (Fsp3) is 1.00. The van der Waals surface area contributed by atoms with Gasteiger partial charge in [-0.15, -0.1) is 0 Å². The van der Waals surface area contributed by atoms with Crippen molar-refractivity contribution in [2.75, 3.05) is 13.2 Å². The zero-order valence-corrected chi connectivity index (χ0v) is 8.09. The van der Waals surface area contributed by atoms with Gasteiger partial charge in [0.1, 0.15) is 24.4 Å². The van der Waals surface area contributed by atoms with Crippen LogP contribution in [0.15, 0.2) is 0 Å². The molecule has 0 radical (unpaired) electrons. The van der Waals surface area contributed by atoms with Gasteiger partial charge in [0.05, 0.1) is 13.2 Å². The quantitative estimate of drug-likeness (QED) is 0.292. The Kier molecular flexibility index (Phi) is 9.30. The van der Waals surface area contributed by atoms with Crippen molar-refractivity contribution in [3.8, 4) is 0 Å². The molecule has 6 N–H and O–H groups in total. The monoisotopic (exact) mass is 234 g/mol. The SMILES string of the molecule is OC[C@@H](O)[C@@H](O)[C@H](O)[C@H](O)CO.[Cr]. The van der Waals surface area contributed by atoms with Gasteiger partial charge in [-0.2, -0.15) is 0 Å². The summed E-state index contributed by atoms with van der Waals surface area (Å²) in [6, 6.07) is 0. The van der Waals surface area contributed by atoms with Crippen LogP contribution in [-0.4, -0.2) is 68.3 Å². The summed E-state index contributed by atoms with van der Waals surface area (Å²) in [5, 5.41) is 52.2. The molecule has 0 saturated carbocycles. The van der Waals surface area contributed by atoms with Crippen LogP contribution in [0.2, 0.25) is 0 Å². The predicted molar refractivity (Wildman–Crippen MR) is 38.2 cm³/mol. The van der Waals surface area contributed by atoms with Crippen molar-refractivity contribution < 1.29 is 48.0 Å². The second-order valence-electron chi connectivity index (χ2n) is 2.48. The van der Waals surface area contributed by atoms with Crippen molar-refractivity contribution in [2.45, 2.75) is 24.4 Å². The Morgan fingerprint density at radius 1 is 0.692 bits per heavy atom. The van der Waals surface area contributed by atoms with E-state index in [1.54, 1.807) is 0 Å². The third-order valence-electron chi connectivity index (χ3n) is 1.51. The van der Waals surface area contributed by atoms with Crippen LogP contribution in [0.3, 0.4) is 0 Å². The summed E-state index contributed by atoms with van der Waals surface area (Å²) in [7, 11) is 0. The fourth-order valence-corrected chi connectivity index (χ4v) is 0.671. The summed E-state index contributed by atoms with van der Waals surface area (Å²) in [6.07, 6.45) is -6.39. The van der Waals surface area contributed by atoms with Crippen molar-refractivity contribution in [3.63, 3.8) is 0 Å². The molecule has 4 atom stereocenters. The van der Waals surface area contributed by atoms with Crippen LogP contribution in [-0.2, 0) is 17.4 Å². The molecule has 6 nitrogen and oxygen atoms in total. The van der Waals surface area contributed by atoms with Crippen LogP contribution in [0.5, 0.6) is 0 Å². The maximum Gasteiger partial charge on any atom is 0.111 e. The predicted octanol–water partition coefficient (Wildman–Crippen LogP) is -3.59. The molecule has 0 aromatic rings. The van der Waals surface area contributed by atoms with Gasteiger partial charge < -0.3 is 30.6 Å².